The topological polar surface area (TPSA) is 0 Å². The highest BCUT2D eigenvalue weighted by molar-refractivity contribution is 9.10. The van der Waals surface area contributed by atoms with E-state index in [1.165, 1.54) is 9.66 Å². The molecule has 1 aromatic rings. The van der Waals surface area contributed by atoms with E-state index >= 15 is 0 Å². The Morgan fingerprint density at radius 1 is 1.20 bits per heavy atom. The minimum atomic E-state index is -0.289. The summed E-state index contributed by atoms with van der Waals surface area (Å²) >= 11 is 3.52. The zero-order valence-electron chi connectivity index (χ0n) is 6.19. The van der Waals surface area contributed by atoms with E-state index in [1.54, 1.807) is 0 Å². The molecule has 0 atom stereocenters. The van der Waals surface area contributed by atoms with Crippen molar-refractivity contribution >= 4 is 29.9 Å². The molecule has 0 saturated heterocycles. The molecule has 0 saturated carbocycles. The van der Waals surface area contributed by atoms with Crippen LogP contribution in [0.4, 0.5) is 0 Å². The van der Waals surface area contributed by atoms with Gasteiger partial charge in [-0.15, -0.1) is 0 Å². The highest BCUT2D eigenvalue weighted by Gasteiger charge is 2.02. The molecule has 0 spiro atoms. The Bertz CT molecular complexity index is 220. The molecule has 0 N–H and O–H groups in total. The Morgan fingerprint density at radius 2 is 1.80 bits per heavy atom. The van der Waals surface area contributed by atoms with Gasteiger partial charge in [-0.25, -0.2) is 0 Å². The number of hydrogen-bond acceptors (Lipinski definition) is 0. The Balaban J connectivity index is 3.03. The minimum Gasteiger partial charge on any atom is -0.0670 e. The van der Waals surface area contributed by atoms with Gasteiger partial charge in [0.2, 0.25) is 0 Å². The Hall–Kier alpha value is -0.0831. The summed E-state index contributed by atoms with van der Waals surface area (Å²) in [5, 5.41) is 1.48. The predicted octanol–water partition coefficient (Wildman–Crippen LogP) is 2.41. The maximum atomic E-state index is 3.52. The second-order valence-corrected chi connectivity index (χ2v) is 5.87. The van der Waals surface area contributed by atoms with Crippen LogP contribution >= 0.6 is 15.9 Å². The van der Waals surface area contributed by atoms with Crippen LogP contribution in [0.15, 0.2) is 28.7 Å². The van der Waals surface area contributed by atoms with Crippen LogP contribution in [0.2, 0.25) is 13.1 Å². The highest BCUT2D eigenvalue weighted by Crippen LogP contribution is 2.05. The lowest BCUT2D eigenvalue weighted by Gasteiger charge is -2.04. The number of halogens is 1. The van der Waals surface area contributed by atoms with Crippen molar-refractivity contribution in [1.82, 2.24) is 0 Å². The molecule has 0 unspecified atom stereocenters. The standard InChI is InChI=1S/C8H10BrSi/c1-10(2)8-6-4-3-5-7(8)9/h3-6H,1-2H3. The normalized spacial score (nSPS) is 10.4. The van der Waals surface area contributed by atoms with Gasteiger partial charge < -0.3 is 0 Å². The summed E-state index contributed by atoms with van der Waals surface area (Å²) in [5.41, 5.74) is 0. The molecule has 53 valence electrons. The van der Waals surface area contributed by atoms with Crippen LogP contribution in [0.5, 0.6) is 0 Å². The van der Waals surface area contributed by atoms with Gasteiger partial charge in [-0.05, 0) is 11.3 Å². The first-order chi connectivity index (χ1) is 4.72. The summed E-state index contributed by atoms with van der Waals surface area (Å²) in [4.78, 5) is 0. The van der Waals surface area contributed by atoms with Crippen molar-refractivity contribution < 1.29 is 0 Å². The Kier molecular flexibility index (Phi) is 2.69. The van der Waals surface area contributed by atoms with Crippen LogP contribution in [0, 0.1) is 0 Å². The van der Waals surface area contributed by atoms with Gasteiger partial charge in [-0.3, -0.25) is 0 Å². The van der Waals surface area contributed by atoms with Crippen LogP contribution in [0.3, 0.4) is 0 Å². The molecule has 0 aliphatic rings. The molecule has 0 aliphatic carbocycles. The third-order valence-corrected chi connectivity index (χ3v) is 3.98. The summed E-state index contributed by atoms with van der Waals surface area (Å²) in [6.45, 7) is 4.59. The van der Waals surface area contributed by atoms with Crippen LogP contribution in [0.25, 0.3) is 0 Å². The first-order valence-corrected chi connectivity index (χ1v) is 6.56. The predicted molar refractivity (Wildman–Crippen MR) is 51.3 cm³/mol. The van der Waals surface area contributed by atoms with E-state index in [1.807, 2.05) is 0 Å². The van der Waals surface area contributed by atoms with Crippen molar-refractivity contribution in [2.24, 2.45) is 0 Å². The second kappa shape index (κ2) is 3.35. The van der Waals surface area contributed by atoms with Gasteiger partial charge in [0, 0.05) is 4.47 Å². The smallest absolute Gasteiger partial charge is 0.0670 e. The van der Waals surface area contributed by atoms with Gasteiger partial charge in [0.1, 0.15) is 0 Å². The average Bonchev–Trinajstić information content (AvgIpc) is 1.88. The van der Waals surface area contributed by atoms with Crippen molar-refractivity contribution in [3.63, 3.8) is 0 Å². The maximum absolute atomic E-state index is 3.52. The average molecular weight is 214 g/mol. The quantitative estimate of drug-likeness (QED) is 0.630. The molecule has 0 nitrogen and oxygen atoms in total. The van der Waals surface area contributed by atoms with Gasteiger partial charge in [0.05, 0.1) is 8.80 Å². The lowest BCUT2D eigenvalue weighted by Crippen LogP contribution is -2.23. The largest absolute Gasteiger partial charge is 0.0806 e. The molecular weight excluding hydrogens is 204 g/mol. The van der Waals surface area contributed by atoms with Crippen molar-refractivity contribution in [3.05, 3.63) is 28.7 Å². The summed E-state index contributed by atoms with van der Waals surface area (Å²) in [5.74, 6) is 0. The van der Waals surface area contributed by atoms with Gasteiger partial charge in [0.15, 0.2) is 0 Å². The monoisotopic (exact) mass is 213 g/mol. The first-order valence-electron chi connectivity index (χ1n) is 3.27. The SMILES string of the molecule is C[Si](C)c1ccccc1Br. The van der Waals surface area contributed by atoms with Crippen molar-refractivity contribution in [2.45, 2.75) is 13.1 Å². The van der Waals surface area contributed by atoms with Crippen molar-refractivity contribution in [3.8, 4) is 0 Å². The summed E-state index contributed by atoms with van der Waals surface area (Å²) in [7, 11) is -0.289. The number of hydrogen-bond donors (Lipinski definition) is 0. The molecule has 1 aromatic carbocycles. The Morgan fingerprint density at radius 3 is 2.20 bits per heavy atom. The molecule has 0 bridgehead atoms. The fourth-order valence-corrected chi connectivity index (χ4v) is 3.33. The molecule has 10 heavy (non-hydrogen) atoms. The van der Waals surface area contributed by atoms with E-state index < -0.39 is 0 Å². The lowest BCUT2D eigenvalue weighted by molar-refractivity contribution is 1.69. The van der Waals surface area contributed by atoms with E-state index in [0.717, 1.165) is 0 Å². The zero-order chi connectivity index (χ0) is 7.56. The Labute approximate surface area is 72.0 Å². The van der Waals surface area contributed by atoms with E-state index in [2.05, 4.69) is 53.3 Å². The fraction of sp³-hybridized carbons (Fsp3) is 0.250. The molecule has 1 radical (unpaired) electrons. The van der Waals surface area contributed by atoms with E-state index in [4.69, 9.17) is 0 Å². The minimum absolute atomic E-state index is 0.289. The molecule has 0 heterocycles. The molecule has 2 heteroatoms. The third kappa shape index (κ3) is 1.70. The van der Waals surface area contributed by atoms with Gasteiger partial charge >= 0.3 is 0 Å². The first kappa shape index (κ1) is 8.02. The van der Waals surface area contributed by atoms with Crippen LogP contribution in [-0.2, 0) is 0 Å². The highest BCUT2D eigenvalue weighted by atomic mass is 79.9. The molecule has 1 rings (SSSR count). The van der Waals surface area contributed by atoms with E-state index in [0.29, 0.717) is 0 Å². The van der Waals surface area contributed by atoms with E-state index in [9.17, 15) is 0 Å². The molecule has 0 aromatic heterocycles. The molecule has 0 fully saturated rings. The molecular formula is C8H10BrSi. The van der Waals surface area contributed by atoms with Crippen molar-refractivity contribution in [1.29, 1.82) is 0 Å². The summed E-state index contributed by atoms with van der Waals surface area (Å²) < 4.78 is 1.26. The molecule has 0 amide bonds. The van der Waals surface area contributed by atoms with Gasteiger partial charge in [-0.1, -0.05) is 47.2 Å². The summed E-state index contributed by atoms with van der Waals surface area (Å²) in [6, 6.07) is 8.45. The van der Waals surface area contributed by atoms with E-state index in [-0.39, 0.29) is 8.80 Å². The fourth-order valence-electron chi connectivity index (χ4n) is 0.867. The van der Waals surface area contributed by atoms with Crippen molar-refractivity contribution in [2.75, 3.05) is 0 Å². The maximum Gasteiger partial charge on any atom is 0.0806 e. The molecule has 0 aliphatic heterocycles. The van der Waals surface area contributed by atoms with Crippen LogP contribution in [-0.4, -0.2) is 8.80 Å². The third-order valence-electron chi connectivity index (χ3n) is 1.41. The number of rotatable bonds is 1. The van der Waals surface area contributed by atoms with Gasteiger partial charge in [0.25, 0.3) is 0 Å². The summed E-state index contributed by atoms with van der Waals surface area (Å²) in [6.07, 6.45) is 0. The lowest BCUT2D eigenvalue weighted by atomic mass is 10.4. The zero-order valence-corrected chi connectivity index (χ0v) is 8.77. The van der Waals surface area contributed by atoms with Gasteiger partial charge in [-0.2, -0.15) is 0 Å². The van der Waals surface area contributed by atoms with Crippen LogP contribution in [0.1, 0.15) is 0 Å². The number of benzene rings is 1. The van der Waals surface area contributed by atoms with Crippen LogP contribution < -0.4 is 5.19 Å². The second-order valence-electron chi connectivity index (χ2n) is 2.48.